The molecule has 0 amide bonds. The van der Waals surface area contributed by atoms with Crippen LogP contribution in [0.4, 0.5) is 0 Å². The van der Waals surface area contributed by atoms with Crippen LogP contribution in [-0.2, 0) is 0 Å². The Labute approximate surface area is 113 Å². The summed E-state index contributed by atoms with van der Waals surface area (Å²) in [5.41, 5.74) is 2.79. The van der Waals surface area contributed by atoms with Gasteiger partial charge in [-0.15, -0.1) is 0 Å². The summed E-state index contributed by atoms with van der Waals surface area (Å²) in [5.74, 6) is 1.91. The zero-order valence-electron chi connectivity index (χ0n) is 12.6. The molecule has 0 unspecified atom stereocenters. The van der Waals surface area contributed by atoms with Gasteiger partial charge < -0.3 is 4.43 Å². The maximum absolute atomic E-state index is 6.39. The van der Waals surface area contributed by atoms with Crippen LogP contribution < -0.4 is 4.43 Å². The van der Waals surface area contributed by atoms with Gasteiger partial charge in [0.05, 0.1) is 0 Å². The van der Waals surface area contributed by atoms with Crippen molar-refractivity contribution < 1.29 is 4.43 Å². The minimum absolute atomic E-state index is 0.259. The molecule has 0 aliphatic heterocycles. The fourth-order valence-corrected chi connectivity index (χ4v) is 2.97. The van der Waals surface area contributed by atoms with E-state index < -0.39 is 8.32 Å². The molecule has 100 valence electrons. The maximum atomic E-state index is 6.39. The smallest absolute Gasteiger partial charge is 0.250 e. The van der Waals surface area contributed by atoms with Crippen molar-refractivity contribution in [2.75, 3.05) is 0 Å². The largest absolute Gasteiger partial charge is 0.543 e. The van der Waals surface area contributed by atoms with Crippen molar-refractivity contribution in [2.24, 2.45) is 0 Å². The molecule has 2 heteroatoms. The molecule has 0 saturated heterocycles. The van der Waals surface area contributed by atoms with Gasteiger partial charge in [0.25, 0.3) is 0 Å². The monoisotopic (exact) mass is 262 g/mol. The molecule has 2 rings (SSSR count). The second-order valence-electron chi connectivity index (χ2n) is 7.16. The summed E-state index contributed by atoms with van der Waals surface area (Å²) in [6, 6.07) is 6.76. The molecule has 0 N–H and O–H groups in total. The Morgan fingerprint density at radius 1 is 1.17 bits per heavy atom. The minimum Gasteiger partial charge on any atom is -0.543 e. The maximum Gasteiger partial charge on any atom is 0.250 e. The van der Waals surface area contributed by atoms with Crippen molar-refractivity contribution in [2.45, 2.75) is 64.6 Å². The van der Waals surface area contributed by atoms with Crippen LogP contribution in [0, 0.1) is 6.92 Å². The molecule has 1 aliphatic carbocycles. The van der Waals surface area contributed by atoms with E-state index in [0.717, 1.165) is 11.7 Å². The van der Waals surface area contributed by atoms with Crippen LogP contribution in [0.3, 0.4) is 0 Å². The van der Waals surface area contributed by atoms with Gasteiger partial charge in [-0.2, -0.15) is 0 Å². The van der Waals surface area contributed by atoms with Gasteiger partial charge in [0, 0.05) is 0 Å². The van der Waals surface area contributed by atoms with E-state index in [1.165, 1.54) is 24.0 Å². The standard InChI is InChI=1S/C16H26OSi/c1-12-11-14(13-7-8-13)9-10-15(12)17-18(5,6)16(2,3)4/h9-11,13H,7-8H2,1-6H3. The number of benzene rings is 1. The zero-order valence-corrected chi connectivity index (χ0v) is 13.6. The molecule has 0 radical (unpaired) electrons. The van der Waals surface area contributed by atoms with Gasteiger partial charge in [-0.3, -0.25) is 0 Å². The lowest BCUT2D eigenvalue weighted by Gasteiger charge is -2.37. The Hall–Kier alpha value is -0.763. The molecule has 1 nitrogen and oxygen atoms in total. The van der Waals surface area contributed by atoms with Crippen molar-refractivity contribution in [1.82, 2.24) is 0 Å². The second kappa shape index (κ2) is 4.41. The van der Waals surface area contributed by atoms with Crippen LogP contribution >= 0.6 is 0 Å². The van der Waals surface area contributed by atoms with Crippen molar-refractivity contribution >= 4 is 8.32 Å². The van der Waals surface area contributed by atoms with Gasteiger partial charge in [0.2, 0.25) is 8.32 Å². The molecule has 1 aromatic carbocycles. The van der Waals surface area contributed by atoms with E-state index in [0.29, 0.717) is 0 Å². The summed E-state index contributed by atoms with van der Waals surface area (Å²) in [6.45, 7) is 13.6. The second-order valence-corrected chi connectivity index (χ2v) is 11.9. The highest BCUT2D eigenvalue weighted by molar-refractivity contribution is 6.74. The van der Waals surface area contributed by atoms with Crippen molar-refractivity contribution in [3.05, 3.63) is 29.3 Å². The molecule has 0 heterocycles. The molecule has 0 bridgehead atoms. The molecular weight excluding hydrogens is 236 g/mol. The van der Waals surface area contributed by atoms with Gasteiger partial charge in [-0.25, -0.2) is 0 Å². The predicted molar refractivity (Wildman–Crippen MR) is 81.0 cm³/mol. The third kappa shape index (κ3) is 2.80. The van der Waals surface area contributed by atoms with Gasteiger partial charge in [-0.05, 0) is 61.0 Å². The highest BCUT2D eigenvalue weighted by Gasteiger charge is 2.39. The third-order valence-corrected chi connectivity index (χ3v) is 8.76. The first-order chi connectivity index (χ1) is 8.21. The lowest BCUT2D eigenvalue weighted by Crippen LogP contribution is -2.44. The van der Waals surface area contributed by atoms with Gasteiger partial charge in [0.15, 0.2) is 0 Å². The Bertz CT molecular complexity index is 439. The predicted octanol–water partition coefficient (Wildman–Crippen LogP) is 5.26. The van der Waals surface area contributed by atoms with Crippen LogP contribution in [0.5, 0.6) is 5.75 Å². The first-order valence-corrected chi connectivity index (χ1v) is 9.91. The van der Waals surface area contributed by atoms with E-state index in [4.69, 9.17) is 4.43 Å². The summed E-state index contributed by atoms with van der Waals surface area (Å²) in [4.78, 5) is 0. The number of hydrogen-bond acceptors (Lipinski definition) is 1. The number of hydrogen-bond donors (Lipinski definition) is 0. The highest BCUT2D eigenvalue weighted by Crippen LogP contribution is 2.42. The van der Waals surface area contributed by atoms with Gasteiger partial charge >= 0.3 is 0 Å². The average Bonchev–Trinajstić information content (AvgIpc) is 3.02. The van der Waals surface area contributed by atoms with Gasteiger partial charge in [0.1, 0.15) is 5.75 Å². The average molecular weight is 262 g/mol. The summed E-state index contributed by atoms with van der Waals surface area (Å²) in [6.07, 6.45) is 2.73. The fraction of sp³-hybridized carbons (Fsp3) is 0.625. The summed E-state index contributed by atoms with van der Waals surface area (Å²) < 4.78 is 6.39. The fourth-order valence-electron chi connectivity index (χ4n) is 1.89. The molecule has 0 aromatic heterocycles. The molecule has 1 saturated carbocycles. The molecule has 0 atom stereocenters. The number of aryl methyl sites for hydroxylation is 1. The molecule has 1 aliphatic rings. The van der Waals surface area contributed by atoms with E-state index >= 15 is 0 Å². The van der Waals surface area contributed by atoms with Crippen LogP contribution in [0.2, 0.25) is 18.1 Å². The van der Waals surface area contributed by atoms with Crippen LogP contribution in [0.1, 0.15) is 50.7 Å². The van der Waals surface area contributed by atoms with Crippen LogP contribution in [0.15, 0.2) is 18.2 Å². The molecule has 0 spiro atoms. The summed E-state index contributed by atoms with van der Waals surface area (Å²) in [5, 5.41) is 0.259. The molecule has 1 fully saturated rings. The van der Waals surface area contributed by atoms with E-state index in [9.17, 15) is 0 Å². The summed E-state index contributed by atoms with van der Waals surface area (Å²) >= 11 is 0. The van der Waals surface area contributed by atoms with Crippen molar-refractivity contribution in [3.8, 4) is 5.75 Å². The van der Waals surface area contributed by atoms with Crippen molar-refractivity contribution in [3.63, 3.8) is 0 Å². The topological polar surface area (TPSA) is 9.23 Å². The van der Waals surface area contributed by atoms with Crippen molar-refractivity contribution in [1.29, 1.82) is 0 Å². The minimum atomic E-state index is -1.71. The number of rotatable bonds is 3. The summed E-state index contributed by atoms with van der Waals surface area (Å²) in [7, 11) is -1.71. The Balaban J connectivity index is 2.19. The van der Waals surface area contributed by atoms with E-state index in [1.807, 2.05) is 0 Å². The quantitative estimate of drug-likeness (QED) is 0.675. The zero-order chi connectivity index (χ0) is 13.6. The normalized spacial score (nSPS) is 16.8. The molecular formula is C16H26OSi. The van der Waals surface area contributed by atoms with Crippen LogP contribution in [0.25, 0.3) is 0 Å². The van der Waals surface area contributed by atoms with Crippen LogP contribution in [-0.4, -0.2) is 8.32 Å². The highest BCUT2D eigenvalue weighted by atomic mass is 28.4. The molecule has 18 heavy (non-hydrogen) atoms. The van der Waals surface area contributed by atoms with E-state index in [-0.39, 0.29) is 5.04 Å². The first-order valence-electron chi connectivity index (χ1n) is 7.00. The lowest BCUT2D eigenvalue weighted by molar-refractivity contribution is 0.489. The molecule has 1 aromatic rings. The van der Waals surface area contributed by atoms with E-state index in [2.05, 4.69) is 59.0 Å². The Morgan fingerprint density at radius 2 is 1.78 bits per heavy atom. The van der Waals surface area contributed by atoms with Gasteiger partial charge in [-0.1, -0.05) is 32.9 Å². The Morgan fingerprint density at radius 3 is 2.22 bits per heavy atom. The first kappa shape index (κ1) is 13.7. The lowest BCUT2D eigenvalue weighted by atomic mass is 10.1. The Kier molecular flexibility index (Phi) is 3.35. The SMILES string of the molecule is Cc1cc(C2CC2)ccc1O[Si](C)(C)C(C)(C)C. The van der Waals surface area contributed by atoms with E-state index in [1.54, 1.807) is 0 Å². The third-order valence-electron chi connectivity index (χ3n) is 4.42.